The molecule has 1 aromatic carbocycles. The number of aryl methyl sites for hydroxylation is 1. The Bertz CT molecular complexity index is 890. The highest BCUT2D eigenvalue weighted by Gasteiger charge is 2.15. The third kappa shape index (κ3) is 4.38. The number of nitrogens with one attached hydrogen (secondary N) is 1. The number of nitrogens with zero attached hydrogens (tertiary/aromatic N) is 2. The molecule has 1 amide bonds. The van der Waals surface area contributed by atoms with Crippen molar-refractivity contribution in [2.24, 2.45) is 0 Å². The van der Waals surface area contributed by atoms with Crippen LogP contribution in [-0.4, -0.2) is 17.6 Å². The summed E-state index contributed by atoms with van der Waals surface area (Å²) in [5.41, 5.74) is 2.50. The number of benzene rings is 1. The van der Waals surface area contributed by atoms with Crippen LogP contribution in [0.3, 0.4) is 0 Å². The summed E-state index contributed by atoms with van der Waals surface area (Å²) in [6.45, 7) is 5.95. The average Bonchev–Trinajstić information content (AvgIpc) is 2.59. The predicted molar refractivity (Wildman–Crippen MR) is 100 cm³/mol. The Balaban J connectivity index is 2.21. The van der Waals surface area contributed by atoms with E-state index in [0.29, 0.717) is 22.9 Å². The molecule has 1 heterocycles. The lowest BCUT2D eigenvalue weighted by molar-refractivity contribution is -0.116. The number of pyridine rings is 1. The standard InChI is InChI=1S/C20H23N3O3/c1-13(2)15-5-7-17(8-6-15)22-19(24)11-23-14(3)9-16(12-26-4)18(10-21)20(23)25/h5-9,13H,11-12H2,1-4H3,(H,22,24). The van der Waals surface area contributed by atoms with Gasteiger partial charge < -0.3 is 14.6 Å². The van der Waals surface area contributed by atoms with E-state index in [0.717, 1.165) is 0 Å². The number of anilines is 1. The third-order valence-corrected chi connectivity index (χ3v) is 4.16. The molecule has 6 heteroatoms. The molecule has 136 valence electrons. The smallest absolute Gasteiger partial charge is 0.269 e. The summed E-state index contributed by atoms with van der Waals surface area (Å²) in [6, 6.07) is 11.2. The van der Waals surface area contributed by atoms with E-state index in [1.807, 2.05) is 30.3 Å². The van der Waals surface area contributed by atoms with Crippen LogP contribution in [0.5, 0.6) is 0 Å². The van der Waals surface area contributed by atoms with Gasteiger partial charge in [0.25, 0.3) is 5.56 Å². The maximum atomic E-state index is 12.5. The second kappa shape index (κ2) is 8.45. The van der Waals surface area contributed by atoms with Gasteiger partial charge in [0.2, 0.25) is 5.91 Å². The predicted octanol–water partition coefficient (Wildman–Crippen LogP) is 2.94. The molecule has 0 aliphatic rings. The molecule has 0 aliphatic heterocycles. The first-order valence-corrected chi connectivity index (χ1v) is 8.39. The molecular formula is C20H23N3O3. The fourth-order valence-electron chi connectivity index (χ4n) is 2.72. The van der Waals surface area contributed by atoms with Crippen LogP contribution >= 0.6 is 0 Å². The SMILES string of the molecule is COCc1cc(C)n(CC(=O)Nc2ccc(C(C)C)cc2)c(=O)c1C#N. The third-order valence-electron chi connectivity index (χ3n) is 4.16. The lowest BCUT2D eigenvalue weighted by Crippen LogP contribution is -2.31. The number of ether oxygens (including phenoxy) is 1. The quantitative estimate of drug-likeness (QED) is 0.865. The second-order valence-electron chi connectivity index (χ2n) is 6.45. The largest absolute Gasteiger partial charge is 0.380 e. The van der Waals surface area contributed by atoms with Crippen molar-refractivity contribution in [2.75, 3.05) is 12.4 Å². The van der Waals surface area contributed by atoms with Gasteiger partial charge in [-0.25, -0.2) is 0 Å². The van der Waals surface area contributed by atoms with Gasteiger partial charge in [0.05, 0.1) is 6.61 Å². The van der Waals surface area contributed by atoms with Crippen LogP contribution in [0.25, 0.3) is 0 Å². The van der Waals surface area contributed by atoms with Crippen molar-refractivity contribution in [1.29, 1.82) is 5.26 Å². The van der Waals surface area contributed by atoms with Crippen molar-refractivity contribution in [3.63, 3.8) is 0 Å². The number of nitriles is 1. The van der Waals surface area contributed by atoms with Crippen LogP contribution in [0.2, 0.25) is 0 Å². The van der Waals surface area contributed by atoms with Gasteiger partial charge in [-0.05, 0) is 36.6 Å². The van der Waals surface area contributed by atoms with E-state index < -0.39 is 5.56 Å². The van der Waals surface area contributed by atoms with Crippen molar-refractivity contribution >= 4 is 11.6 Å². The summed E-state index contributed by atoms with van der Waals surface area (Å²) in [7, 11) is 1.50. The number of carbonyl (C=O) groups is 1. The van der Waals surface area contributed by atoms with Gasteiger partial charge in [0.1, 0.15) is 18.2 Å². The maximum Gasteiger partial charge on any atom is 0.269 e. The minimum absolute atomic E-state index is 0.00605. The zero-order valence-corrected chi connectivity index (χ0v) is 15.5. The van der Waals surface area contributed by atoms with E-state index in [9.17, 15) is 14.9 Å². The zero-order valence-electron chi connectivity index (χ0n) is 15.5. The van der Waals surface area contributed by atoms with Crippen LogP contribution in [0.4, 0.5) is 5.69 Å². The first-order valence-electron chi connectivity index (χ1n) is 8.39. The molecule has 0 spiro atoms. The maximum absolute atomic E-state index is 12.5. The highest BCUT2D eigenvalue weighted by molar-refractivity contribution is 5.90. The van der Waals surface area contributed by atoms with Crippen molar-refractivity contribution < 1.29 is 9.53 Å². The fourth-order valence-corrected chi connectivity index (χ4v) is 2.72. The van der Waals surface area contributed by atoms with E-state index in [1.54, 1.807) is 13.0 Å². The van der Waals surface area contributed by atoms with Crippen LogP contribution in [0, 0.1) is 18.3 Å². The molecule has 2 aromatic rings. The lowest BCUT2D eigenvalue weighted by Gasteiger charge is -2.13. The van der Waals surface area contributed by atoms with E-state index in [1.165, 1.54) is 17.2 Å². The molecule has 0 unspecified atom stereocenters. The van der Waals surface area contributed by atoms with Gasteiger partial charge in [-0.1, -0.05) is 26.0 Å². The highest BCUT2D eigenvalue weighted by Crippen LogP contribution is 2.17. The molecule has 0 radical (unpaired) electrons. The van der Waals surface area contributed by atoms with Crippen LogP contribution in [0.1, 0.15) is 42.1 Å². The van der Waals surface area contributed by atoms with Crippen molar-refractivity contribution in [2.45, 2.75) is 39.8 Å². The number of carbonyl (C=O) groups excluding carboxylic acids is 1. The van der Waals surface area contributed by atoms with Crippen molar-refractivity contribution in [1.82, 2.24) is 4.57 Å². The van der Waals surface area contributed by atoms with Crippen molar-refractivity contribution in [3.05, 3.63) is 63.1 Å². The molecule has 0 saturated heterocycles. The molecule has 0 atom stereocenters. The highest BCUT2D eigenvalue weighted by atomic mass is 16.5. The Morgan fingerprint density at radius 2 is 1.96 bits per heavy atom. The summed E-state index contributed by atoms with van der Waals surface area (Å²) < 4.78 is 6.33. The van der Waals surface area contributed by atoms with Gasteiger partial charge in [0.15, 0.2) is 0 Å². The first-order chi connectivity index (χ1) is 12.4. The van der Waals surface area contributed by atoms with Gasteiger partial charge in [-0.15, -0.1) is 0 Å². The Morgan fingerprint density at radius 1 is 1.31 bits per heavy atom. The molecule has 0 aliphatic carbocycles. The second-order valence-corrected chi connectivity index (χ2v) is 6.45. The number of aromatic nitrogens is 1. The number of rotatable bonds is 6. The number of hydrogen-bond donors (Lipinski definition) is 1. The minimum atomic E-state index is -0.482. The average molecular weight is 353 g/mol. The molecule has 6 nitrogen and oxygen atoms in total. The van der Waals surface area contributed by atoms with E-state index in [2.05, 4.69) is 19.2 Å². The van der Waals surface area contributed by atoms with Gasteiger partial charge in [-0.3, -0.25) is 9.59 Å². The minimum Gasteiger partial charge on any atom is -0.380 e. The number of methoxy groups -OCH3 is 1. The summed E-state index contributed by atoms with van der Waals surface area (Å²) in [5.74, 6) is 0.0897. The first kappa shape index (κ1) is 19.4. The normalized spacial score (nSPS) is 10.6. The molecule has 0 fully saturated rings. The summed E-state index contributed by atoms with van der Waals surface area (Å²) in [5, 5.41) is 12.0. The Hall–Kier alpha value is -2.91. The summed E-state index contributed by atoms with van der Waals surface area (Å²) in [6.07, 6.45) is 0. The summed E-state index contributed by atoms with van der Waals surface area (Å²) in [4.78, 5) is 24.9. The Kier molecular flexibility index (Phi) is 6.31. The van der Waals surface area contributed by atoms with E-state index in [4.69, 9.17) is 4.74 Å². The van der Waals surface area contributed by atoms with Gasteiger partial charge >= 0.3 is 0 Å². The van der Waals surface area contributed by atoms with E-state index >= 15 is 0 Å². The van der Waals surface area contributed by atoms with Gasteiger partial charge in [0, 0.05) is 24.1 Å². The van der Waals surface area contributed by atoms with Crippen LogP contribution < -0.4 is 10.9 Å². The lowest BCUT2D eigenvalue weighted by atomic mass is 10.0. The Labute approximate surface area is 153 Å². The molecular weight excluding hydrogens is 330 g/mol. The monoisotopic (exact) mass is 353 g/mol. The Morgan fingerprint density at radius 3 is 2.50 bits per heavy atom. The van der Waals surface area contributed by atoms with E-state index in [-0.39, 0.29) is 24.6 Å². The summed E-state index contributed by atoms with van der Waals surface area (Å²) >= 11 is 0. The van der Waals surface area contributed by atoms with Crippen LogP contribution in [0.15, 0.2) is 35.1 Å². The number of amides is 1. The van der Waals surface area contributed by atoms with Crippen LogP contribution in [-0.2, 0) is 22.7 Å². The molecule has 0 bridgehead atoms. The van der Waals surface area contributed by atoms with Crippen molar-refractivity contribution in [3.8, 4) is 6.07 Å². The zero-order chi connectivity index (χ0) is 19.3. The fraction of sp³-hybridized carbons (Fsp3) is 0.350. The van der Waals surface area contributed by atoms with Gasteiger partial charge in [-0.2, -0.15) is 5.26 Å². The molecule has 1 aromatic heterocycles. The topological polar surface area (TPSA) is 84.1 Å². The number of hydrogen-bond acceptors (Lipinski definition) is 4. The molecule has 0 saturated carbocycles. The molecule has 2 rings (SSSR count). The molecule has 1 N–H and O–H groups in total. The molecule has 26 heavy (non-hydrogen) atoms.